The van der Waals surface area contributed by atoms with Crippen LogP contribution in [0.5, 0.6) is 0 Å². The van der Waals surface area contributed by atoms with Crippen molar-refractivity contribution in [3.05, 3.63) is 119 Å². The molecule has 35 heavy (non-hydrogen) atoms. The average molecular weight is 468 g/mol. The van der Waals surface area contributed by atoms with E-state index in [2.05, 4.69) is 10.4 Å². The number of anilines is 1. The third kappa shape index (κ3) is 4.59. The lowest BCUT2D eigenvalue weighted by Gasteiger charge is -2.17. The predicted octanol–water partition coefficient (Wildman–Crippen LogP) is 4.05. The van der Waals surface area contributed by atoms with Gasteiger partial charge in [0, 0.05) is 16.7 Å². The Hall–Kier alpha value is -4.59. The topological polar surface area (TPSA) is 84.3 Å². The van der Waals surface area contributed by atoms with E-state index in [1.807, 2.05) is 36.4 Å². The number of halogens is 1. The highest BCUT2D eigenvalue weighted by Gasteiger charge is 2.33. The summed E-state index contributed by atoms with van der Waals surface area (Å²) in [6.07, 6.45) is 0.146. The summed E-state index contributed by atoms with van der Waals surface area (Å²) in [5.41, 5.74) is 2.74. The molecule has 4 aromatic rings. The van der Waals surface area contributed by atoms with E-state index in [0.717, 1.165) is 5.56 Å². The molecule has 2 amide bonds. The van der Waals surface area contributed by atoms with Crippen LogP contribution in [0.3, 0.4) is 0 Å². The van der Waals surface area contributed by atoms with Gasteiger partial charge in [0.05, 0.1) is 25.2 Å². The van der Waals surface area contributed by atoms with Crippen LogP contribution in [0.4, 0.5) is 10.2 Å². The Morgan fingerprint density at radius 1 is 0.800 bits per heavy atom. The number of amides is 2. The zero-order valence-corrected chi connectivity index (χ0v) is 18.6. The van der Waals surface area contributed by atoms with Gasteiger partial charge in [-0.25, -0.2) is 4.39 Å². The van der Waals surface area contributed by atoms with Gasteiger partial charge in [0.25, 0.3) is 11.8 Å². The Morgan fingerprint density at radius 3 is 2.11 bits per heavy atom. The number of benzene rings is 3. The number of fused-ring (bicyclic) bond motifs is 1. The Labute approximate surface area is 200 Å². The van der Waals surface area contributed by atoms with Crippen LogP contribution >= 0.6 is 0 Å². The molecule has 3 aromatic carbocycles. The first-order valence-corrected chi connectivity index (χ1v) is 11.1. The lowest BCUT2D eigenvalue weighted by molar-refractivity contribution is -0.115. The van der Waals surface area contributed by atoms with E-state index in [0.29, 0.717) is 22.4 Å². The van der Waals surface area contributed by atoms with Crippen LogP contribution in [-0.4, -0.2) is 32.4 Å². The molecule has 0 bridgehead atoms. The molecule has 5 rings (SSSR count). The summed E-state index contributed by atoms with van der Waals surface area (Å²) in [7, 11) is 0. The minimum absolute atomic E-state index is 0.131. The fourth-order valence-corrected chi connectivity index (χ4v) is 4.09. The minimum atomic E-state index is -0.432. The van der Waals surface area contributed by atoms with Gasteiger partial charge < -0.3 is 10.2 Å². The normalized spacial score (nSPS) is 12.3. The van der Waals surface area contributed by atoms with E-state index in [1.165, 1.54) is 28.9 Å². The molecule has 0 unspecified atom stereocenters. The molecule has 0 radical (unpaired) electrons. The van der Waals surface area contributed by atoms with E-state index in [1.54, 1.807) is 29.2 Å². The van der Waals surface area contributed by atoms with Crippen molar-refractivity contribution >= 4 is 23.5 Å². The number of nitrogens with one attached hydrogen (secondary N) is 1. The zero-order valence-electron chi connectivity index (χ0n) is 18.6. The van der Waals surface area contributed by atoms with Crippen LogP contribution in [0, 0.1) is 5.82 Å². The molecular formula is C27H21FN4O3. The first-order chi connectivity index (χ1) is 17.0. The molecule has 1 aliphatic rings. The molecule has 0 aliphatic carbocycles. The Balaban J connectivity index is 1.45. The van der Waals surface area contributed by atoms with Crippen molar-refractivity contribution in [2.24, 2.45) is 0 Å². The number of nitrogens with zero attached hydrogens (tertiary/aromatic N) is 3. The highest BCUT2D eigenvalue weighted by molar-refractivity contribution is 5.99. The van der Waals surface area contributed by atoms with Crippen LogP contribution < -0.4 is 5.32 Å². The molecule has 0 atom stereocenters. The summed E-state index contributed by atoms with van der Waals surface area (Å²) in [5, 5.41) is 7.23. The maximum atomic E-state index is 13.3. The highest BCUT2D eigenvalue weighted by atomic mass is 19.1. The van der Waals surface area contributed by atoms with Gasteiger partial charge in [-0.2, -0.15) is 4.68 Å². The van der Waals surface area contributed by atoms with Crippen molar-refractivity contribution in [1.82, 2.24) is 14.7 Å². The van der Waals surface area contributed by atoms with Crippen molar-refractivity contribution in [3.8, 4) is 0 Å². The van der Waals surface area contributed by atoms with Crippen molar-refractivity contribution in [1.29, 1.82) is 0 Å². The lowest BCUT2D eigenvalue weighted by atomic mass is 10.1. The SMILES string of the molecule is O=C(Cc1ccccc1)Nc1nn(C(=O)c2ccccc2)c2c1CN(C(=O)c1ccc(F)cc1)C2. The average Bonchev–Trinajstić information content (AvgIpc) is 3.45. The van der Waals surface area contributed by atoms with Gasteiger partial charge in [-0.05, 0) is 42.0 Å². The van der Waals surface area contributed by atoms with E-state index >= 15 is 0 Å². The maximum absolute atomic E-state index is 13.3. The van der Waals surface area contributed by atoms with Gasteiger partial charge in [-0.3, -0.25) is 14.4 Å². The number of hydrogen-bond donors (Lipinski definition) is 1. The monoisotopic (exact) mass is 468 g/mol. The lowest BCUT2D eigenvalue weighted by Crippen LogP contribution is -2.27. The number of rotatable bonds is 5. The van der Waals surface area contributed by atoms with Crippen LogP contribution in [-0.2, 0) is 24.3 Å². The highest BCUT2D eigenvalue weighted by Crippen LogP contribution is 2.31. The third-order valence-corrected chi connectivity index (χ3v) is 5.84. The minimum Gasteiger partial charge on any atom is -0.328 e. The summed E-state index contributed by atoms with van der Waals surface area (Å²) >= 11 is 0. The van der Waals surface area contributed by atoms with Gasteiger partial charge in [0.1, 0.15) is 5.82 Å². The number of aromatic nitrogens is 2. The molecule has 8 heteroatoms. The zero-order chi connectivity index (χ0) is 24.4. The summed E-state index contributed by atoms with van der Waals surface area (Å²) in [6.45, 7) is 0.292. The molecule has 0 fully saturated rings. The van der Waals surface area contributed by atoms with Gasteiger partial charge >= 0.3 is 0 Å². The molecule has 1 N–H and O–H groups in total. The second-order valence-electron chi connectivity index (χ2n) is 8.24. The second-order valence-corrected chi connectivity index (χ2v) is 8.24. The van der Waals surface area contributed by atoms with Crippen LogP contribution in [0.25, 0.3) is 0 Å². The molecule has 7 nitrogen and oxygen atoms in total. The molecule has 0 spiro atoms. The molecular weight excluding hydrogens is 447 g/mol. The number of carbonyl (C=O) groups is 3. The number of carbonyl (C=O) groups excluding carboxylic acids is 3. The van der Waals surface area contributed by atoms with Crippen molar-refractivity contribution in [2.45, 2.75) is 19.5 Å². The molecule has 2 heterocycles. The molecule has 1 aromatic heterocycles. The van der Waals surface area contributed by atoms with E-state index < -0.39 is 5.82 Å². The summed E-state index contributed by atoms with van der Waals surface area (Å²) in [4.78, 5) is 40.6. The van der Waals surface area contributed by atoms with Gasteiger partial charge in [-0.15, -0.1) is 5.10 Å². The quantitative estimate of drug-likeness (QED) is 0.479. The predicted molar refractivity (Wildman–Crippen MR) is 127 cm³/mol. The first kappa shape index (κ1) is 22.2. The van der Waals surface area contributed by atoms with Crippen LogP contribution in [0.2, 0.25) is 0 Å². The molecule has 1 aliphatic heterocycles. The van der Waals surface area contributed by atoms with Crippen molar-refractivity contribution < 1.29 is 18.8 Å². The van der Waals surface area contributed by atoms with Crippen LogP contribution in [0.15, 0.2) is 84.9 Å². The molecule has 0 saturated carbocycles. The molecule has 0 saturated heterocycles. The molecule has 174 valence electrons. The fraction of sp³-hybridized carbons (Fsp3) is 0.111. The van der Waals surface area contributed by atoms with E-state index in [9.17, 15) is 18.8 Å². The van der Waals surface area contributed by atoms with Gasteiger partial charge in [0.2, 0.25) is 5.91 Å². The summed E-state index contributed by atoms with van der Waals surface area (Å²) in [5.74, 6) is -1.12. The maximum Gasteiger partial charge on any atom is 0.278 e. The van der Waals surface area contributed by atoms with Gasteiger partial charge in [0.15, 0.2) is 5.82 Å². The van der Waals surface area contributed by atoms with Crippen molar-refractivity contribution in [3.63, 3.8) is 0 Å². The van der Waals surface area contributed by atoms with Crippen LogP contribution in [0.1, 0.15) is 37.5 Å². The van der Waals surface area contributed by atoms with E-state index in [-0.39, 0.29) is 43.0 Å². The Bertz CT molecular complexity index is 1400. The fourth-order valence-electron chi connectivity index (χ4n) is 4.09. The largest absolute Gasteiger partial charge is 0.328 e. The standard InChI is InChI=1S/C27H21FN4O3/c28-21-13-11-20(12-14-21)26(34)31-16-22-23(17-31)32(27(35)19-9-5-2-6-10-19)30-25(22)29-24(33)15-18-7-3-1-4-8-18/h1-14H,15-17H2,(H,29,30,33). The van der Waals surface area contributed by atoms with Gasteiger partial charge in [-0.1, -0.05) is 48.5 Å². The smallest absolute Gasteiger partial charge is 0.278 e. The van der Waals surface area contributed by atoms with Crippen molar-refractivity contribution in [2.75, 3.05) is 5.32 Å². The van der Waals surface area contributed by atoms with E-state index in [4.69, 9.17) is 0 Å². The Morgan fingerprint density at radius 2 is 1.43 bits per heavy atom. The summed E-state index contributed by atoms with van der Waals surface area (Å²) < 4.78 is 14.6. The third-order valence-electron chi connectivity index (χ3n) is 5.84. The number of hydrogen-bond acceptors (Lipinski definition) is 4. The first-order valence-electron chi connectivity index (χ1n) is 11.1. The second kappa shape index (κ2) is 9.34. The Kier molecular flexibility index (Phi) is 5.93. The summed E-state index contributed by atoms with van der Waals surface area (Å²) in [6, 6.07) is 23.3.